The second kappa shape index (κ2) is 12.3. The Balaban J connectivity index is 1.94. The minimum absolute atomic E-state index is 0.163. The van der Waals surface area contributed by atoms with E-state index in [1.807, 2.05) is 37.4 Å². The summed E-state index contributed by atoms with van der Waals surface area (Å²) in [4.78, 5) is 2.16. The van der Waals surface area contributed by atoms with E-state index in [0.29, 0.717) is 30.6 Å². The molecule has 0 aliphatic rings. The van der Waals surface area contributed by atoms with E-state index in [2.05, 4.69) is 24.7 Å². The SMILES string of the molecule is C#CCOC[C@@H](O)CN(Cc1c(-c2ccccc2)nn(C)c1Oc1ccc(F)cc1)CC(C)C. The zero-order chi connectivity index (χ0) is 24.5. The summed E-state index contributed by atoms with van der Waals surface area (Å²) < 4.78 is 26.6. The van der Waals surface area contributed by atoms with Gasteiger partial charge in [-0.15, -0.1) is 6.42 Å². The van der Waals surface area contributed by atoms with Gasteiger partial charge in [-0.05, 0) is 30.2 Å². The molecule has 0 aliphatic carbocycles. The van der Waals surface area contributed by atoms with Crippen LogP contribution >= 0.6 is 0 Å². The lowest BCUT2D eigenvalue weighted by atomic mass is 10.1. The van der Waals surface area contributed by atoms with Crippen molar-refractivity contribution >= 4 is 0 Å². The Morgan fingerprint density at radius 3 is 2.47 bits per heavy atom. The number of halogens is 1. The highest BCUT2D eigenvalue weighted by molar-refractivity contribution is 5.65. The van der Waals surface area contributed by atoms with Gasteiger partial charge in [0.2, 0.25) is 5.88 Å². The number of nitrogens with zero attached hydrogens (tertiary/aromatic N) is 3. The molecule has 1 heterocycles. The normalized spacial score (nSPS) is 12.2. The van der Waals surface area contributed by atoms with Crippen molar-refractivity contribution in [3.05, 3.63) is 66.0 Å². The highest BCUT2D eigenvalue weighted by atomic mass is 19.1. The molecule has 6 nitrogen and oxygen atoms in total. The molecule has 0 saturated carbocycles. The summed E-state index contributed by atoms with van der Waals surface area (Å²) in [7, 11) is 1.82. The molecular weight excluding hydrogens is 433 g/mol. The molecule has 0 fully saturated rings. The zero-order valence-electron chi connectivity index (χ0n) is 19.9. The Labute approximate surface area is 200 Å². The van der Waals surface area contributed by atoms with Crippen molar-refractivity contribution in [2.45, 2.75) is 26.5 Å². The number of aryl methyl sites for hydroxylation is 1. The van der Waals surface area contributed by atoms with Crippen molar-refractivity contribution in [3.63, 3.8) is 0 Å². The molecule has 34 heavy (non-hydrogen) atoms. The van der Waals surface area contributed by atoms with Crippen LogP contribution in [0.25, 0.3) is 11.3 Å². The van der Waals surface area contributed by atoms with Crippen LogP contribution < -0.4 is 4.74 Å². The first-order valence-electron chi connectivity index (χ1n) is 11.3. The van der Waals surface area contributed by atoms with Gasteiger partial charge in [-0.1, -0.05) is 50.1 Å². The van der Waals surface area contributed by atoms with E-state index in [4.69, 9.17) is 21.0 Å². The second-order valence-electron chi connectivity index (χ2n) is 8.64. The van der Waals surface area contributed by atoms with Crippen molar-refractivity contribution in [1.82, 2.24) is 14.7 Å². The Hall–Kier alpha value is -3.18. The van der Waals surface area contributed by atoms with Gasteiger partial charge in [-0.3, -0.25) is 4.90 Å². The van der Waals surface area contributed by atoms with E-state index in [-0.39, 0.29) is 19.0 Å². The molecule has 3 aromatic rings. The lowest BCUT2D eigenvalue weighted by Gasteiger charge is -2.27. The van der Waals surface area contributed by atoms with E-state index < -0.39 is 6.10 Å². The summed E-state index contributed by atoms with van der Waals surface area (Å²) in [6.07, 6.45) is 4.55. The van der Waals surface area contributed by atoms with Gasteiger partial charge < -0.3 is 14.6 Å². The number of aliphatic hydroxyl groups excluding tert-OH is 1. The molecule has 180 valence electrons. The molecule has 1 atom stereocenters. The molecular formula is C27H32FN3O3. The van der Waals surface area contributed by atoms with Gasteiger partial charge in [0, 0.05) is 32.2 Å². The van der Waals surface area contributed by atoms with Crippen LogP contribution in [0.5, 0.6) is 11.6 Å². The zero-order valence-corrected chi connectivity index (χ0v) is 19.9. The molecule has 7 heteroatoms. The Bertz CT molecular complexity index is 1070. The predicted molar refractivity (Wildman–Crippen MR) is 131 cm³/mol. The fourth-order valence-electron chi connectivity index (χ4n) is 3.81. The molecule has 1 aromatic heterocycles. The maximum atomic E-state index is 13.4. The van der Waals surface area contributed by atoms with Crippen LogP contribution in [-0.2, 0) is 18.3 Å². The second-order valence-corrected chi connectivity index (χ2v) is 8.64. The molecule has 0 aliphatic heterocycles. The molecule has 1 N–H and O–H groups in total. The maximum Gasteiger partial charge on any atom is 0.222 e. The summed E-state index contributed by atoms with van der Waals surface area (Å²) in [5, 5.41) is 15.3. The summed E-state index contributed by atoms with van der Waals surface area (Å²) in [5.41, 5.74) is 2.65. The summed E-state index contributed by atoms with van der Waals surface area (Å²) in [6.45, 7) is 6.25. The van der Waals surface area contributed by atoms with Crippen molar-refractivity contribution in [2.75, 3.05) is 26.3 Å². The van der Waals surface area contributed by atoms with Gasteiger partial charge in [0.15, 0.2) is 0 Å². The average molecular weight is 466 g/mol. The van der Waals surface area contributed by atoms with E-state index >= 15 is 0 Å². The number of hydrogen-bond acceptors (Lipinski definition) is 5. The molecule has 0 radical (unpaired) electrons. The monoisotopic (exact) mass is 465 g/mol. The number of terminal acetylenes is 1. The first kappa shape index (κ1) is 25.4. The third-order valence-corrected chi connectivity index (χ3v) is 5.13. The summed E-state index contributed by atoms with van der Waals surface area (Å²) >= 11 is 0. The van der Waals surface area contributed by atoms with Gasteiger partial charge in [0.1, 0.15) is 23.9 Å². The lowest BCUT2D eigenvalue weighted by Crippen LogP contribution is -2.37. The van der Waals surface area contributed by atoms with Crippen LogP contribution in [-0.4, -0.2) is 52.2 Å². The van der Waals surface area contributed by atoms with Gasteiger partial charge in [-0.25, -0.2) is 9.07 Å². The fourth-order valence-corrected chi connectivity index (χ4v) is 3.81. The highest BCUT2D eigenvalue weighted by Crippen LogP contribution is 2.34. The molecule has 0 spiro atoms. The average Bonchev–Trinajstić information content (AvgIpc) is 3.10. The van der Waals surface area contributed by atoms with Crippen LogP contribution in [0, 0.1) is 24.1 Å². The third-order valence-electron chi connectivity index (χ3n) is 5.13. The molecule has 0 bridgehead atoms. The predicted octanol–water partition coefficient (Wildman–Crippen LogP) is 4.49. The standard InChI is InChI=1S/C27H32FN3O3/c1-5-15-33-19-23(32)17-31(16-20(2)3)18-25-26(21-9-7-6-8-10-21)29-30(4)27(25)34-24-13-11-22(28)12-14-24/h1,6-14,20,23,32H,15-19H2,2-4H3/t23-/m0/s1. The summed E-state index contributed by atoms with van der Waals surface area (Å²) in [6, 6.07) is 15.8. The van der Waals surface area contributed by atoms with E-state index in [9.17, 15) is 9.50 Å². The van der Waals surface area contributed by atoms with E-state index in [1.54, 1.807) is 16.8 Å². The molecule has 0 saturated heterocycles. The third kappa shape index (κ3) is 7.16. The van der Waals surface area contributed by atoms with Crippen LogP contribution in [0.15, 0.2) is 54.6 Å². The minimum atomic E-state index is -0.689. The van der Waals surface area contributed by atoms with Crippen LogP contribution in [0.3, 0.4) is 0 Å². The minimum Gasteiger partial charge on any atom is -0.439 e. The Morgan fingerprint density at radius 2 is 1.82 bits per heavy atom. The number of aliphatic hydroxyl groups is 1. The number of hydrogen-bond donors (Lipinski definition) is 1. The van der Waals surface area contributed by atoms with E-state index in [1.165, 1.54) is 12.1 Å². The van der Waals surface area contributed by atoms with Gasteiger partial charge in [-0.2, -0.15) is 5.10 Å². The number of aromatic nitrogens is 2. The van der Waals surface area contributed by atoms with Gasteiger partial charge in [0.05, 0.1) is 18.3 Å². The van der Waals surface area contributed by atoms with Crippen molar-refractivity contribution in [3.8, 4) is 35.2 Å². The molecule has 0 amide bonds. The Kier molecular flexibility index (Phi) is 9.23. The quantitative estimate of drug-likeness (QED) is 0.316. The van der Waals surface area contributed by atoms with Crippen molar-refractivity contribution < 1.29 is 19.0 Å². The fraction of sp³-hybridized carbons (Fsp3) is 0.370. The first-order chi connectivity index (χ1) is 16.4. The summed E-state index contributed by atoms with van der Waals surface area (Å²) in [5.74, 6) is 3.54. The molecule has 3 rings (SSSR count). The highest BCUT2D eigenvalue weighted by Gasteiger charge is 2.24. The molecule has 2 aromatic carbocycles. The molecule has 0 unspecified atom stereocenters. The lowest BCUT2D eigenvalue weighted by molar-refractivity contribution is 0.0237. The van der Waals surface area contributed by atoms with Crippen LogP contribution in [0.2, 0.25) is 0 Å². The van der Waals surface area contributed by atoms with Crippen LogP contribution in [0.4, 0.5) is 4.39 Å². The topological polar surface area (TPSA) is 59.8 Å². The van der Waals surface area contributed by atoms with Gasteiger partial charge in [0.25, 0.3) is 0 Å². The van der Waals surface area contributed by atoms with E-state index in [0.717, 1.165) is 23.4 Å². The Morgan fingerprint density at radius 1 is 1.12 bits per heavy atom. The van der Waals surface area contributed by atoms with Crippen LogP contribution in [0.1, 0.15) is 19.4 Å². The largest absolute Gasteiger partial charge is 0.439 e. The number of rotatable bonds is 12. The smallest absolute Gasteiger partial charge is 0.222 e. The van der Waals surface area contributed by atoms with Crippen molar-refractivity contribution in [1.29, 1.82) is 0 Å². The number of benzene rings is 2. The first-order valence-corrected chi connectivity index (χ1v) is 11.3. The van der Waals surface area contributed by atoms with Gasteiger partial charge >= 0.3 is 0 Å². The maximum absolute atomic E-state index is 13.4. The van der Waals surface area contributed by atoms with Crippen molar-refractivity contribution in [2.24, 2.45) is 13.0 Å². The number of ether oxygens (including phenoxy) is 2.